The predicted molar refractivity (Wildman–Crippen MR) is 69.6 cm³/mol. The molecule has 1 amide bonds. The molecule has 1 aliphatic rings. The van der Waals surface area contributed by atoms with Gasteiger partial charge in [-0.25, -0.2) is 0 Å². The van der Waals surface area contributed by atoms with E-state index in [1.165, 1.54) is 25.9 Å². The van der Waals surface area contributed by atoms with Crippen molar-refractivity contribution >= 4 is 5.91 Å². The van der Waals surface area contributed by atoms with Gasteiger partial charge in [0.05, 0.1) is 13.1 Å². The fraction of sp³-hybridized carbons (Fsp3) is 0.769. The van der Waals surface area contributed by atoms with Crippen LogP contribution in [0.2, 0.25) is 0 Å². The smallest absolute Gasteiger partial charge is 0.233 e. The second kappa shape index (κ2) is 8.10. The summed E-state index contributed by atoms with van der Waals surface area (Å²) in [6.45, 7) is 7.17. The molecule has 1 unspecified atom stereocenters. The van der Waals surface area contributed by atoms with Crippen LogP contribution < -0.4 is 10.6 Å². The Labute approximate surface area is 104 Å². The largest absolute Gasteiger partial charge is 0.355 e. The highest BCUT2D eigenvalue weighted by Gasteiger charge is 2.14. The van der Waals surface area contributed by atoms with Crippen molar-refractivity contribution in [2.75, 3.05) is 39.3 Å². The van der Waals surface area contributed by atoms with E-state index in [0.29, 0.717) is 19.0 Å². The van der Waals surface area contributed by atoms with E-state index in [4.69, 9.17) is 6.42 Å². The van der Waals surface area contributed by atoms with Gasteiger partial charge in [-0.2, -0.15) is 0 Å². The van der Waals surface area contributed by atoms with Crippen molar-refractivity contribution in [1.82, 2.24) is 15.5 Å². The van der Waals surface area contributed by atoms with E-state index in [2.05, 4.69) is 28.4 Å². The van der Waals surface area contributed by atoms with E-state index in [0.717, 1.165) is 13.1 Å². The van der Waals surface area contributed by atoms with Gasteiger partial charge in [0.2, 0.25) is 5.91 Å². The zero-order valence-corrected chi connectivity index (χ0v) is 10.7. The van der Waals surface area contributed by atoms with Gasteiger partial charge in [-0.05, 0) is 31.8 Å². The van der Waals surface area contributed by atoms with Crippen LogP contribution in [0.3, 0.4) is 0 Å². The van der Waals surface area contributed by atoms with Gasteiger partial charge in [-0.3, -0.25) is 10.1 Å². The third-order valence-corrected chi connectivity index (χ3v) is 2.93. The van der Waals surface area contributed by atoms with E-state index in [1.807, 2.05) is 0 Å². The van der Waals surface area contributed by atoms with Gasteiger partial charge in [0, 0.05) is 13.1 Å². The van der Waals surface area contributed by atoms with Crippen LogP contribution in [0.5, 0.6) is 0 Å². The van der Waals surface area contributed by atoms with Gasteiger partial charge in [-0.1, -0.05) is 12.8 Å². The predicted octanol–water partition coefficient (Wildman–Crippen LogP) is 0.0573. The molecule has 0 aromatic heterocycles. The number of rotatable bonds is 7. The lowest BCUT2D eigenvalue weighted by Crippen LogP contribution is -2.38. The second-order valence-corrected chi connectivity index (χ2v) is 4.72. The molecule has 2 N–H and O–H groups in total. The van der Waals surface area contributed by atoms with E-state index < -0.39 is 0 Å². The highest BCUT2D eigenvalue weighted by atomic mass is 16.1. The summed E-state index contributed by atoms with van der Waals surface area (Å²) >= 11 is 0. The lowest BCUT2D eigenvalue weighted by atomic mass is 10.1. The minimum atomic E-state index is 0.0218. The van der Waals surface area contributed by atoms with E-state index in [9.17, 15) is 4.79 Å². The molecule has 1 atom stereocenters. The first-order valence-electron chi connectivity index (χ1n) is 6.35. The summed E-state index contributed by atoms with van der Waals surface area (Å²) in [4.78, 5) is 13.9. The summed E-state index contributed by atoms with van der Waals surface area (Å²) in [5.74, 6) is 2.96. The van der Waals surface area contributed by atoms with Crippen LogP contribution in [-0.2, 0) is 4.79 Å². The van der Waals surface area contributed by atoms with E-state index in [1.54, 1.807) is 0 Å². The van der Waals surface area contributed by atoms with Gasteiger partial charge in [0.25, 0.3) is 0 Å². The average Bonchev–Trinajstić information content (AvgIpc) is 2.79. The highest BCUT2D eigenvalue weighted by Crippen LogP contribution is 2.09. The molecule has 1 heterocycles. The fourth-order valence-corrected chi connectivity index (χ4v) is 2.07. The fourth-order valence-electron chi connectivity index (χ4n) is 2.07. The van der Waals surface area contributed by atoms with Crippen molar-refractivity contribution in [1.29, 1.82) is 0 Å². The third kappa shape index (κ3) is 6.30. The number of hydrogen-bond donors (Lipinski definition) is 2. The molecule has 1 aliphatic heterocycles. The van der Waals surface area contributed by atoms with Gasteiger partial charge in [0.15, 0.2) is 0 Å². The molecule has 0 radical (unpaired) electrons. The third-order valence-electron chi connectivity index (χ3n) is 2.93. The number of carbonyl (C=O) groups excluding carboxylic acids is 1. The van der Waals surface area contributed by atoms with Crippen molar-refractivity contribution in [3.63, 3.8) is 0 Å². The van der Waals surface area contributed by atoms with Crippen LogP contribution in [0, 0.1) is 18.3 Å². The Hall–Kier alpha value is -1.05. The molecular formula is C13H23N3O. The maximum absolute atomic E-state index is 11.4. The van der Waals surface area contributed by atoms with Crippen molar-refractivity contribution in [3.05, 3.63) is 0 Å². The monoisotopic (exact) mass is 237 g/mol. The number of likely N-dealkylation sites (tertiary alicyclic amines) is 1. The number of carbonyl (C=O) groups is 1. The molecular weight excluding hydrogens is 214 g/mol. The van der Waals surface area contributed by atoms with Crippen LogP contribution in [0.15, 0.2) is 0 Å². The lowest BCUT2D eigenvalue weighted by Gasteiger charge is -2.20. The Kier molecular flexibility index (Phi) is 6.68. The molecule has 4 nitrogen and oxygen atoms in total. The maximum atomic E-state index is 11.4. The highest BCUT2D eigenvalue weighted by molar-refractivity contribution is 5.77. The normalized spacial score (nSPS) is 17.6. The van der Waals surface area contributed by atoms with Crippen molar-refractivity contribution in [2.24, 2.45) is 5.92 Å². The summed E-state index contributed by atoms with van der Waals surface area (Å²) in [7, 11) is 0. The molecule has 0 aromatic carbocycles. The number of hydrogen-bond acceptors (Lipinski definition) is 3. The van der Waals surface area contributed by atoms with Crippen LogP contribution in [0.1, 0.15) is 19.8 Å². The molecule has 17 heavy (non-hydrogen) atoms. The molecule has 0 aliphatic carbocycles. The van der Waals surface area contributed by atoms with Crippen LogP contribution in [-0.4, -0.2) is 50.1 Å². The zero-order valence-electron chi connectivity index (χ0n) is 10.7. The SMILES string of the molecule is C#CCNCC(=O)NCC(C)CN1CCCC1. The van der Waals surface area contributed by atoms with Crippen molar-refractivity contribution in [3.8, 4) is 12.3 Å². The molecule has 0 bridgehead atoms. The Balaban J connectivity index is 2.04. The first-order valence-corrected chi connectivity index (χ1v) is 6.35. The van der Waals surface area contributed by atoms with Crippen LogP contribution in [0.25, 0.3) is 0 Å². The number of terminal acetylenes is 1. The van der Waals surface area contributed by atoms with Crippen LogP contribution >= 0.6 is 0 Å². The summed E-state index contributed by atoms with van der Waals surface area (Å²) in [6.07, 6.45) is 7.71. The lowest BCUT2D eigenvalue weighted by molar-refractivity contribution is -0.120. The average molecular weight is 237 g/mol. The van der Waals surface area contributed by atoms with Crippen molar-refractivity contribution < 1.29 is 4.79 Å². The minimum absolute atomic E-state index is 0.0218. The summed E-state index contributed by atoms with van der Waals surface area (Å²) < 4.78 is 0. The molecule has 96 valence electrons. The Morgan fingerprint density at radius 2 is 2.18 bits per heavy atom. The van der Waals surface area contributed by atoms with Crippen LogP contribution in [0.4, 0.5) is 0 Å². The maximum Gasteiger partial charge on any atom is 0.233 e. The molecule has 1 fully saturated rings. The molecule has 1 saturated heterocycles. The van der Waals surface area contributed by atoms with Gasteiger partial charge in [-0.15, -0.1) is 6.42 Å². The minimum Gasteiger partial charge on any atom is -0.355 e. The molecule has 4 heteroatoms. The topological polar surface area (TPSA) is 44.4 Å². The second-order valence-electron chi connectivity index (χ2n) is 4.72. The number of amides is 1. The molecule has 0 saturated carbocycles. The first-order chi connectivity index (χ1) is 8.22. The molecule has 0 spiro atoms. The molecule has 1 rings (SSSR count). The summed E-state index contributed by atoms with van der Waals surface area (Å²) in [5.41, 5.74) is 0. The Morgan fingerprint density at radius 1 is 1.47 bits per heavy atom. The Morgan fingerprint density at radius 3 is 2.82 bits per heavy atom. The van der Waals surface area contributed by atoms with Gasteiger partial charge < -0.3 is 10.2 Å². The standard InChI is InChI=1S/C13H23N3O/c1-3-6-14-10-13(17)15-9-12(2)11-16-7-4-5-8-16/h1,12,14H,4-11H2,2H3,(H,15,17). The quantitative estimate of drug-likeness (QED) is 0.486. The van der Waals surface area contributed by atoms with Crippen molar-refractivity contribution in [2.45, 2.75) is 19.8 Å². The Bertz CT molecular complexity index is 266. The molecule has 0 aromatic rings. The number of nitrogens with one attached hydrogen (secondary N) is 2. The summed E-state index contributed by atoms with van der Waals surface area (Å²) in [5, 5.41) is 5.79. The van der Waals surface area contributed by atoms with Gasteiger partial charge >= 0.3 is 0 Å². The van der Waals surface area contributed by atoms with E-state index >= 15 is 0 Å². The summed E-state index contributed by atoms with van der Waals surface area (Å²) in [6, 6.07) is 0. The zero-order chi connectivity index (χ0) is 12.5. The van der Waals surface area contributed by atoms with Gasteiger partial charge in [0.1, 0.15) is 0 Å². The van der Waals surface area contributed by atoms with E-state index in [-0.39, 0.29) is 5.91 Å². The first kappa shape index (κ1) is 14.0. The number of nitrogens with zero attached hydrogens (tertiary/aromatic N) is 1.